The van der Waals surface area contributed by atoms with Crippen LogP contribution in [0, 0.1) is 10.1 Å². The molecule has 0 fully saturated rings. The minimum absolute atomic E-state index is 0.0387. The number of nitrogens with one attached hydrogen (secondary N) is 1. The van der Waals surface area contributed by atoms with Crippen LogP contribution in [0.1, 0.15) is 19.4 Å². The lowest BCUT2D eigenvalue weighted by Crippen LogP contribution is -2.33. The van der Waals surface area contributed by atoms with Crippen LogP contribution in [-0.2, 0) is 11.3 Å². The second kappa shape index (κ2) is 7.44. The lowest BCUT2D eigenvalue weighted by atomic mass is 10.1. The molecule has 1 aromatic rings. The van der Waals surface area contributed by atoms with E-state index in [0.29, 0.717) is 19.6 Å². The van der Waals surface area contributed by atoms with Crippen LogP contribution in [0.15, 0.2) is 18.2 Å². The molecule has 0 radical (unpaired) electrons. The summed E-state index contributed by atoms with van der Waals surface area (Å²) in [5.74, 6) is -0.415. The first-order valence-corrected chi connectivity index (χ1v) is 6.49. The summed E-state index contributed by atoms with van der Waals surface area (Å²) in [5, 5.41) is 14.0. The van der Waals surface area contributed by atoms with Gasteiger partial charge in [-0.25, -0.2) is 0 Å². The molecule has 3 N–H and O–H groups in total. The van der Waals surface area contributed by atoms with Crippen molar-refractivity contribution in [1.82, 2.24) is 4.90 Å². The number of benzene rings is 1. The van der Waals surface area contributed by atoms with Crippen LogP contribution in [0.5, 0.6) is 0 Å². The van der Waals surface area contributed by atoms with Gasteiger partial charge >= 0.3 is 0 Å². The Morgan fingerprint density at radius 1 is 1.45 bits per heavy atom. The number of carbonyl (C=O) groups is 1. The molecule has 20 heavy (non-hydrogen) atoms. The summed E-state index contributed by atoms with van der Waals surface area (Å²) in [5.41, 5.74) is 6.85. The van der Waals surface area contributed by atoms with Gasteiger partial charge in [-0.2, -0.15) is 0 Å². The summed E-state index contributed by atoms with van der Waals surface area (Å²) in [6, 6.07) is 4.68. The molecule has 1 aromatic carbocycles. The summed E-state index contributed by atoms with van der Waals surface area (Å²) >= 11 is 0. The van der Waals surface area contributed by atoms with E-state index in [2.05, 4.69) is 5.32 Å². The highest BCUT2D eigenvalue weighted by Gasteiger charge is 2.14. The largest absolute Gasteiger partial charge is 0.385 e. The summed E-state index contributed by atoms with van der Waals surface area (Å²) in [6.07, 6.45) is 0. The van der Waals surface area contributed by atoms with E-state index in [1.807, 2.05) is 18.7 Å². The zero-order valence-electron chi connectivity index (χ0n) is 11.8. The van der Waals surface area contributed by atoms with Gasteiger partial charge in [0.15, 0.2) is 0 Å². The summed E-state index contributed by atoms with van der Waals surface area (Å²) in [7, 11) is 0. The molecule has 7 heteroatoms. The molecular formula is C13H20N4O3. The predicted octanol–water partition coefficient (Wildman–Crippen LogP) is 1.33. The Balaban J connectivity index is 3.01. The molecule has 7 nitrogen and oxygen atoms in total. The molecule has 0 unspecified atom stereocenters. The van der Waals surface area contributed by atoms with E-state index >= 15 is 0 Å². The van der Waals surface area contributed by atoms with Crippen molar-refractivity contribution in [1.29, 1.82) is 0 Å². The number of primary amides is 1. The minimum atomic E-state index is -0.427. The Kier molecular flexibility index (Phi) is 5.92. The van der Waals surface area contributed by atoms with Crippen LogP contribution in [0.4, 0.5) is 11.4 Å². The monoisotopic (exact) mass is 280 g/mol. The van der Waals surface area contributed by atoms with Gasteiger partial charge in [0.25, 0.3) is 5.69 Å². The first-order valence-electron chi connectivity index (χ1n) is 6.49. The van der Waals surface area contributed by atoms with Gasteiger partial charge in [-0.15, -0.1) is 0 Å². The average Bonchev–Trinajstić information content (AvgIpc) is 2.39. The van der Waals surface area contributed by atoms with Gasteiger partial charge < -0.3 is 11.1 Å². The Labute approximate surface area is 117 Å². The van der Waals surface area contributed by atoms with Crippen molar-refractivity contribution in [3.8, 4) is 0 Å². The number of hydrogen-bond acceptors (Lipinski definition) is 5. The Morgan fingerprint density at radius 3 is 2.65 bits per heavy atom. The fourth-order valence-corrected chi connectivity index (χ4v) is 1.93. The molecule has 0 aromatic heterocycles. The van der Waals surface area contributed by atoms with Gasteiger partial charge in [-0.1, -0.05) is 6.92 Å². The minimum Gasteiger partial charge on any atom is -0.385 e. The number of likely N-dealkylation sites (N-methyl/N-ethyl adjacent to an activating group) is 1. The second-order valence-electron chi connectivity index (χ2n) is 4.40. The lowest BCUT2D eigenvalue weighted by molar-refractivity contribution is -0.384. The third kappa shape index (κ3) is 4.51. The third-order valence-electron chi connectivity index (χ3n) is 2.89. The molecule has 1 rings (SSSR count). The maximum atomic E-state index is 11.0. The number of amides is 1. The molecule has 0 saturated heterocycles. The fourth-order valence-electron chi connectivity index (χ4n) is 1.93. The highest BCUT2D eigenvalue weighted by Crippen LogP contribution is 2.23. The Morgan fingerprint density at radius 2 is 2.15 bits per heavy atom. The summed E-state index contributed by atoms with van der Waals surface area (Å²) < 4.78 is 0. The summed E-state index contributed by atoms with van der Waals surface area (Å²) in [6.45, 7) is 5.78. The first-order chi connectivity index (χ1) is 9.47. The third-order valence-corrected chi connectivity index (χ3v) is 2.89. The van der Waals surface area contributed by atoms with Crippen molar-refractivity contribution in [3.05, 3.63) is 33.9 Å². The van der Waals surface area contributed by atoms with Crippen LogP contribution in [0.25, 0.3) is 0 Å². The predicted molar refractivity (Wildman–Crippen MR) is 77.4 cm³/mol. The number of nitro benzene ring substituents is 1. The van der Waals surface area contributed by atoms with Crippen molar-refractivity contribution in [2.24, 2.45) is 5.73 Å². The van der Waals surface area contributed by atoms with Crippen LogP contribution in [-0.4, -0.2) is 35.4 Å². The van der Waals surface area contributed by atoms with E-state index in [0.717, 1.165) is 11.3 Å². The number of nitrogens with zero attached hydrogens (tertiary/aromatic N) is 2. The topological polar surface area (TPSA) is 102 Å². The second-order valence-corrected chi connectivity index (χ2v) is 4.40. The van der Waals surface area contributed by atoms with Crippen LogP contribution >= 0.6 is 0 Å². The van der Waals surface area contributed by atoms with Crippen LogP contribution in [0.3, 0.4) is 0 Å². The molecule has 0 atom stereocenters. The van der Waals surface area contributed by atoms with E-state index < -0.39 is 10.8 Å². The van der Waals surface area contributed by atoms with E-state index in [9.17, 15) is 14.9 Å². The van der Waals surface area contributed by atoms with Gasteiger partial charge in [0, 0.05) is 30.9 Å². The number of nitrogens with two attached hydrogens (primary N) is 1. The first kappa shape index (κ1) is 15.9. The maximum Gasteiger partial charge on any atom is 0.269 e. The number of non-ortho nitro benzene ring substituents is 1. The molecule has 110 valence electrons. The molecule has 0 aliphatic heterocycles. The van der Waals surface area contributed by atoms with Crippen molar-refractivity contribution >= 4 is 17.3 Å². The van der Waals surface area contributed by atoms with Gasteiger partial charge in [-0.3, -0.25) is 19.8 Å². The van der Waals surface area contributed by atoms with E-state index in [1.54, 1.807) is 6.07 Å². The van der Waals surface area contributed by atoms with Gasteiger partial charge in [0.2, 0.25) is 5.91 Å². The zero-order valence-corrected chi connectivity index (χ0v) is 11.8. The molecule has 1 amide bonds. The van der Waals surface area contributed by atoms with E-state index in [4.69, 9.17) is 5.73 Å². The quantitative estimate of drug-likeness (QED) is 0.552. The molecular weight excluding hydrogens is 260 g/mol. The molecule has 0 spiro atoms. The van der Waals surface area contributed by atoms with E-state index in [-0.39, 0.29) is 12.2 Å². The average molecular weight is 280 g/mol. The van der Waals surface area contributed by atoms with E-state index in [1.165, 1.54) is 12.1 Å². The van der Waals surface area contributed by atoms with Crippen LogP contribution < -0.4 is 11.1 Å². The highest BCUT2D eigenvalue weighted by molar-refractivity contribution is 5.76. The smallest absolute Gasteiger partial charge is 0.269 e. The summed E-state index contributed by atoms with van der Waals surface area (Å²) in [4.78, 5) is 23.3. The lowest BCUT2D eigenvalue weighted by Gasteiger charge is -2.20. The Bertz CT molecular complexity index is 491. The standard InChI is InChI=1S/C13H20N4O3/c1-3-15-12-6-5-11(17(19)20)7-10(12)8-16(4-2)9-13(14)18/h5-7,15H,3-4,8-9H2,1-2H3,(H2,14,18). The number of rotatable bonds is 8. The van der Waals surface area contributed by atoms with Crippen molar-refractivity contribution in [2.75, 3.05) is 25.0 Å². The Hall–Kier alpha value is -2.15. The molecule has 0 saturated carbocycles. The molecule has 0 aliphatic carbocycles. The number of hydrogen-bond donors (Lipinski definition) is 2. The van der Waals surface area contributed by atoms with Gasteiger partial charge in [0.1, 0.15) is 0 Å². The number of carbonyl (C=O) groups excluding carboxylic acids is 1. The number of anilines is 1. The van der Waals surface area contributed by atoms with Crippen molar-refractivity contribution in [3.63, 3.8) is 0 Å². The van der Waals surface area contributed by atoms with Crippen molar-refractivity contribution in [2.45, 2.75) is 20.4 Å². The number of nitro groups is 1. The zero-order chi connectivity index (χ0) is 15.1. The highest BCUT2D eigenvalue weighted by atomic mass is 16.6. The van der Waals surface area contributed by atoms with Gasteiger partial charge in [-0.05, 0) is 25.1 Å². The molecule has 0 heterocycles. The normalized spacial score (nSPS) is 10.6. The van der Waals surface area contributed by atoms with Crippen LogP contribution in [0.2, 0.25) is 0 Å². The van der Waals surface area contributed by atoms with Gasteiger partial charge in [0.05, 0.1) is 11.5 Å². The maximum absolute atomic E-state index is 11.0. The van der Waals surface area contributed by atoms with Crippen molar-refractivity contribution < 1.29 is 9.72 Å². The fraction of sp³-hybridized carbons (Fsp3) is 0.462. The molecule has 0 aliphatic rings. The SMILES string of the molecule is CCNc1ccc([N+](=O)[O-])cc1CN(CC)CC(N)=O. The molecule has 0 bridgehead atoms.